The van der Waals surface area contributed by atoms with Crippen LogP contribution in [0.15, 0.2) is 46.0 Å². The zero-order chi connectivity index (χ0) is 19.2. The number of amides is 1. The van der Waals surface area contributed by atoms with Crippen LogP contribution in [0.4, 0.5) is 0 Å². The second-order valence-electron chi connectivity index (χ2n) is 6.09. The van der Waals surface area contributed by atoms with Gasteiger partial charge in [-0.1, -0.05) is 11.2 Å². The summed E-state index contributed by atoms with van der Waals surface area (Å²) >= 11 is 0. The lowest BCUT2D eigenvalue weighted by Crippen LogP contribution is -2.23. The van der Waals surface area contributed by atoms with Crippen molar-refractivity contribution in [2.24, 2.45) is 0 Å². The number of aromatic nitrogens is 4. The maximum absolute atomic E-state index is 12.5. The first kappa shape index (κ1) is 18.5. The van der Waals surface area contributed by atoms with Crippen molar-refractivity contribution in [2.45, 2.75) is 39.8 Å². The zero-order valence-corrected chi connectivity index (χ0v) is 15.3. The number of rotatable bonds is 7. The van der Waals surface area contributed by atoms with Gasteiger partial charge in [0.1, 0.15) is 0 Å². The molecule has 1 amide bonds. The molecule has 0 saturated carbocycles. The van der Waals surface area contributed by atoms with Crippen molar-refractivity contribution < 1.29 is 9.32 Å². The Hall–Kier alpha value is -3.29. The van der Waals surface area contributed by atoms with E-state index in [2.05, 4.69) is 20.4 Å². The molecule has 140 valence electrons. The van der Waals surface area contributed by atoms with Crippen molar-refractivity contribution in [1.29, 1.82) is 0 Å². The molecule has 0 aliphatic rings. The van der Waals surface area contributed by atoms with E-state index < -0.39 is 0 Å². The van der Waals surface area contributed by atoms with Gasteiger partial charge in [-0.2, -0.15) is 4.98 Å². The van der Waals surface area contributed by atoms with Crippen LogP contribution in [-0.4, -0.2) is 25.6 Å². The molecule has 3 heterocycles. The first-order chi connectivity index (χ1) is 13.1. The highest BCUT2D eigenvalue weighted by Gasteiger charge is 2.15. The Balaban J connectivity index is 1.60. The van der Waals surface area contributed by atoms with E-state index in [0.29, 0.717) is 31.0 Å². The van der Waals surface area contributed by atoms with E-state index in [9.17, 15) is 9.59 Å². The van der Waals surface area contributed by atoms with E-state index in [1.165, 1.54) is 0 Å². The number of aryl methyl sites for hydroxylation is 2. The van der Waals surface area contributed by atoms with Crippen molar-refractivity contribution in [3.05, 3.63) is 64.2 Å². The largest absolute Gasteiger partial charge is 0.352 e. The van der Waals surface area contributed by atoms with Gasteiger partial charge in [0, 0.05) is 44.0 Å². The topological polar surface area (TPSA) is 103 Å². The molecule has 0 atom stereocenters. The monoisotopic (exact) mass is 367 g/mol. The summed E-state index contributed by atoms with van der Waals surface area (Å²) in [7, 11) is 0. The third kappa shape index (κ3) is 4.46. The lowest BCUT2D eigenvalue weighted by atomic mass is 10.2. The molecular formula is C19H21N5O3. The van der Waals surface area contributed by atoms with Crippen LogP contribution in [0.5, 0.6) is 0 Å². The summed E-state index contributed by atoms with van der Waals surface area (Å²) in [6.45, 7) is 4.77. The van der Waals surface area contributed by atoms with Crippen molar-refractivity contribution in [2.75, 3.05) is 0 Å². The van der Waals surface area contributed by atoms with Gasteiger partial charge < -0.3 is 14.4 Å². The SMILES string of the molecule is CCn1c(C)ccc(-c2noc(CCC(=O)NCc3cccnc3)n2)c1=O. The fraction of sp³-hybridized carbons (Fsp3) is 0.316. The summed E-state index contributed by atoms with van der Waals surface area (Å²) < 4.78 is 6.84. The quantitative estimate of drug-likeness (QED) is 0.684. The highest BCUT2D eigenvalue weighted by atomic mass is 16.5. The Morgan fingerprint density at radius 2 is 2.15 bits per heavy atom. The van der Waals surface area contributed by atoms with Crippen LogP contribution in [0.1, 0.15) is 30.5 Å². The first-order valence-corrected chi connectivity index (χ1v) is 8.77. The Bertz CT molecular complexity index is 979. The molecule has 0 fully saturated rings. The molecule has 0 saturated heterocycles. The van der Waals surface area contributed by atoms with Crippen LogP contribution in [0.2, 0.25) is 0 Å². The number of carbonyl (C=O) groups excluding carboxylic acids is 1. The summed E-state index contributed by atoms with van der Waals surface area (Å²) in [5, 5.41) is 6.70. The maximum Gasteiger partial charge on any atom is 0.261 e. The van der Waals surface area contributed by atoms with E-state index in [4.69, 9.17) is 4.52 Å². The second-order valence-corrected chi connectivity index (χ2v) is 6.09. The predicted octanol–water partition coefficient (Wildman–Crippen LogP) is 1.87. The van der Waals surface area contributed by atoms with Gasteiger partial charge >= 0.3 is 0 Å². The highest BCUT2D eigenvalue weighted by Crippen LogP contribution is 2.13. The van der Waals surface area contributed by atoms with E-state index in [1.54, 1.807) is 23.0 Å². The Morgan fingerprint density at radius 1 is 1.30 bits per heavy atom. The summed E-state index contributed by atoms with van der Waals surface area (Å²) in [6.07, 6.45) is 3.91. The van der Waals surface area contributed by atoms with Crippen molar-refractivity contribution in [1.82, 2.24) is 25.0 Å². The van der Waals surface area contributed by atoms with Crippen molar-refractivity contribution in [3.8, 4) is 11.4 Å². The summed E-state index contributed by atoms with van der Waals surface area (Å²) in [5.41, 5.74) is 2.04. The molecule has 0 aliphatic carbocycles. The van der Waals surface area contributed by atoms with Gasteiger partial charge in [0.2, 0.25) is 17.6 Å². The minimum Gasteiger partial charge on any atom is -0.352 e. The molecule has 3 aromatic heterocycles. The third-order valence-corrected chi connectivity index (χ3v) is 4.20. The highest BCUT2D eigenvalue weighted by molar-refractivity contribution is 5.76. The Labute approximate surface area is 156 Å². The van der Waals surface area contributed by atoms with E-state index in [-0.39, 0.29) is 23.7 Å². The third-order valence-electron chi connectivity index (χ3n) is 4.20. The Kier molecular flexibility index (Phi) is 5.75. The number of pyridine rings is 2. The van der Waals surface area contributed by atoms with Gasteiger partial charge in [-0.3, -0.25) is 14.6 Å². The number of hydrogen-bond acceptors (Lipinski definition) is 6. The van der Waals surface area contributed by atoms with Gasteiger partial charge in [-0.25, -0.2) is 0 Å². The summed E-state index contributed by atoms with van der Waals surface area (Å²) in [6, 6.07) is 7.25. The average Bonchev–Trinajstić information content (AvgIpc) is 3.15. The van der Waals surface area contributed by atoms with Crippen molar-refractivity contribution in [3.63, 3.8) is 0 Å². The van der Waals surface area contributed by atoms with E-state index in [0.717, 1.165) is 11.3 Å². The number of nitrogens with zero attached hydrogens (tertiary/aromatic N) is 4. The van der Waals surface area contributed by atoms with Crippen LogP contribution in [0.3, 0.4) is 0 Å². The van der Waals surface area contributed by atoms with Gasteiger partial charge in [0.25, 0.3) is 5.56 Å². The predicted molar refractivity (Wildman–Crippen MR) is 98.8 cm³/mol. The molecule has 0 bridgehead atoms. The number of nitrogens with one attached hydrogen (secondary N) is 1. The van der Waals surface area contributed by atoms with Crippen LogP contribution in [0.25, 0.3) is 11.4 Å². The molecule has 3 rings (SSSR count). The molecule has 27 heavy (non-hydrogen) atoms. The van der Waals surface area contributed by atoms with Crippen LogP contribution in [0, 0.1) is 6.92 Å². The smallest absolute Gasteiger partial charge is 0.261 e. The molecule has 0 unspecified atom stereocenters. The van der Waals surface area contributed by atoms with Crippen molar-refractivity contribution >= 4 is 5.91 Å². The van der Waals surface area contributed by atoms with Gasteiger partial charge in [-0.15, -0.1) is 0 Å². The first-order valence-electron chi connectivity index (χ1n) is 8.77. The van der Waals surface area contributed by atoms with Gasteiger partial charge in [0.15, 0.2) is 0 Å². The molecule has 3 aromatic rings. The molecule has 0 aromatic carbocycles. The molecule has 8 heteroatoms. The molecule has 0 aliphatic heterocycles. The summed E-state index contributed by atoms with van der Waals surface area (Å²) in [4.78, 5) is 32.7. The van der Waals surface area contributed by atoms with E-state index in [1.807, 2.05) is 32.0 Å². The standard InChI is InChI=1S/C19H21N5O3/c1-3-24-13(2)6-7-15(19(24)26)18-22-17(27-23-18)9-8-16(25)21-12-14-5-4-10-20-11-14/h4-7,10-11H,3,8-9,12H2,1-2H3,(H,21,25). The van der Waals surface area contributed by atoms with Crippen LogP contribution < -0.4 is 10.9 Å². The van der Waals surface area contributed by atoms with Gasteiger partial charge in [-0.05, 0) is 37.6 Å². The molecule has 0 radical (unpaired) electrons. The Morgan fingerprint density at radius 3 is 2.89 bits per heavy atom. The molecule has 0 spiro atoms. The second kappa shape index (κ2) is 8.39. The maximum atomic E-state index is 12.5. The molecule has 1 N–H and O–H groups in total. The molecule has 8 nitrogen and oxygen atoms in total. The lowest BCUT2D eigenvalue weighted by molar-refractivity contribution is -0.121. The minimum atomic E-state index is -0.154. The summed E-state index contributed by atoms with van der Waals surface area (Å²) in [5.74, 6) is 0.444. The average molecular weight is 367 g/mol. The van der Waals surface area contributed by atoms with Crippen LogP contribution >= 0.6 is 0 Å². The normalized spacial score (nSPS) is 10.7. The lowest BCUT2D eigenvalue weighted by Gasteiger charge is -2.07. The minimum absolute atomic E-state index is 0.123. The van der Waals surface area contributed by atoms with Gasteiger partial charge in [0.05, 0.1) is 5.56 Å². The fourth-order valence-corrected chi connectivity index (χ4v) is 2.71. The van der Waals surface area contributed by atoms with Crippen LogP contribution in [-0.2, 0) is 24.3 Å². The number of carbonyl (C=O) groups is 1. The number of hydrogen-bond donors (Lipinski definition) is 1. The molecular weight excluding hydrogens is 346 g/mol. The van der Waals surface area contributed by atoms with E-state index >= 15 is 0 Å². The fourth-order valence-electron chi connectivity index (χ4n) is 2.71. The zero-order valence-electron chi connectivity index (χ0n) is 15.3.